The van der Waals surface area contributed by atoms with Gasteiger partial charge in [-0.15, -0.1) is 0 Å². The summed E-state index contributed by atoms with van der Waals surface area (Å²) in [4.78, 5) is 4.77. The standard InChI is InChI=1S/C18H21N3O/c1-19-14-16-17-10-5-6-12-21(17)18(20-16)11-7-13-22-15-8-3-2-4-9-15/h2-6,8-10,12,19H,7,11,13-14H2,1H3. The Balaban J connectivity index is 1.64. The van der Waals surface area contributed by atoms with E-state index in [1.807, 2.05) is 43.4 Å². The topological polar surface area (TPSA) is 38.6 Å². The van der Waals surface area contributed by atoms with Crippen LogP contribution in [0.3, 0.4) is 0 Å². The maximum Gasteiger partial charge on any atom is 0.119 e. The summed E-state index contributed by atoms with van der Waals surface area (Å²) in [5, 5.41) is 3.18. The molecule has 2 heterocycles. The molecule has 0 saturated heterocycles. The molecule has 0 saturated carbocycles. The van der Waals surface area contributed by atoms with Crippen molar-refractivity contribution in [3.63, 3.8) is 0 Å². The zero-order chi connectivity index (χ0) is 15.2. The van der Waals surface area contributed by atoms with Crippen LogP contribution in [0.15, 0.2) is 54.7 Å². The summed E-state index contributed by atoms with van der Waals surface area (Å²) in [6.07, 6.45) is 3.93. The molecule has 0 spiro atoms. The number of rotatable bonds is 7. The number of nitrogens with one attached hydrogen (secondary N) is 1. The molecule has 2 aromatic heterocycles. The fourth-order valence-electron chi connectivity index (χ4n) is 2.58. The second kappa shape index (κ2) is 7.09. The smallest absolute Gasteiger partial charge is 0.119 e. The van der Waals surface area contributed by atoms with Crippen molar-refractivity contribution < 1.29 is 4.74 Å². The minimum atomic E-state index is 0.702. The van der Waals surface area contributed by atoms with Crippen LogP contribution in [0.2, 0.25) is 0 Å². The lowest BCUT2D eigenvalue weighted by Crippen LogP contribution is -2.05. The number of ether oxygens (including phenoxy) is 1. The van der Waals surface area contributed by atoms with Crippen LogP contribution >= 0.6 is 0 Å². The Morgan fingerprint density at radius 2 is 1.91 bits per heavy atom. The van der Waals surface area contributed by atoms with E-state index in [1.54, 1.807) is 0 Å². The molecule has 3 aromatic rings. The lowest BCUT2D eigenvalue weighted by molar-refractivity contribution is 0.310. The largest absolute Gasteiger partial charge is 0.494 e. The van der Waals surface area contributed by atoms with Crippen molar-refractivity contribution in [2.45, 2.75) is 19.4 Å². The average Bonchev–Trinajstić information content (AvgIpc) is 2.91. The van der Waals surface area contributed by atoms with Crippen LogP contribution in [-0.2, 0) is 13.0 Å². The van der Waals surface area contributed by atoms with Crippen molar-refractivity contribution in [2.24, 2.45) is 0 Å². The van der Waals surface area contributed by atoms with E-state index in [1.165, 1.54) is 5.52 Å². The number of aryl methyl sites for hydroxylation is 1. The minimum Gasteiger partial charge on any atom is -0.494 e. The highest BCUT2D eigenvalue weighted by molar-refractivity contribution is 5.53. The summed E-state index contributed by atoms with van der Waals surface area (Å²) in [7, 11) is 1.95. The van der Waals surface area contributed by atoms with Gasteiger partial charge >= 0.3 is 0 Å². The van der Waals surface area contributed by atoms with E-state index >= 15 is 0 Å². The van der Waals surface area contributed by atoms with Gasteiger partial charge in [-0.3, -0.25) is 0 Å². The van der Waals surface area contributed by atoms with Crippen molar-refractivity contribution in [3.05, 3.63) is 66.2 Å². The first kappa shape index (κ1) is 14.6. The Labute approximate surface area is 130 Å². The highest BCUT2D eigenvalue weighted by Crippen LogP contribution is 2.15. The van der Waals surface area contributed by atoms with E-state index in [0.717, 1.165) is 36.7 Å². The van der Waals surface area contributed by atoms with Crippen LogP contribution in [0.5, 0.6) is 5.75 Å². The SMILES string of the molecule is CNCc1nc(CCCOc2ccccc2)n2ccccc12. The van der Waals surface area contributed by atoms with Gasteiger partial charge < -0.3 is 14.5 Å². The quantitative estimate of drug-likeness (QED) is 0.681. The van der Waals surface area contributed by atoms with Gasteiger partial charge in [-0.05, 0) is 37.7 Å². The van der Waals surface area contributed by atoms with Gasteiger partial charge in [-0.25, -0.2) is 4.98 Å². The molecule has 0 amide bonds. The Morgan fingerprint density at radius 3 is 2.73 bits per heavy atom. The van der Waals surface area contributed by atoms with Gasteiger partial charge in [0.25, 0.3) is 0 Å². The van der Waals surface area contributed by atoms with E-state index in [-0.39, 0.29) is 0 Å². The number of fused-ring (bicyclic) bond motifs is 1. The van der Waals surface area contributed by atoms with E-state index in [2.05, 4.69) is 28.0 Å². The first-order valence-corrected chi connectivity index (χ1v) is 7.66. The Bertz CT molecular complexity index is 722. The van der Waals surface area contributed by atoms with Gasteiger partial charge in [0, 0.05) is 19.2 Å². The fourth-order valence-corrected chi connectivity index (χ4v) is 2.58. The van der Waals surface area contributed by atoms with E-state index in [9.17, 15) is 0 Å². The first-order valence-electron chi connectivity index (χ1n) is 7.66. The molecular weight excluding hydrogens is 274 g/mol. The summed E-state index contributed by atoms with van der Waals surface area (Å²) >= 11 is 0. The van der Waals surface area contributed by atoms with Gasteiger partial charge in [0.1, 0.15) is 11.6 Å². The maximum absolute atomic E-state index is 5.74. The predicted molar refractivity (Wildman–Crippen MR) is 88.2 cm³/mol. The normalized spacial score (nSPS) is 11.0. The lowest BCUT2D eigenvalue weighted by atomic mass is 10.3. The molecule has 1 aromatic carbocycles. The second-order valence-corrected chi connectivity index (χ2v) is 5.23. The van der Waals surface area contributed by atoms with E-state index < -0.39 is 0 Å². The molecule has 0 aliphatic heterocycles. The zero-order valence-electron chi connectivity index (χ0n) is 12.8. The molecule has 4 heteroatoms. The Hall–Kier alpha value is -2.33. The number of hydrogen-bond donors (Lipinski definition) is 1. The van der Waals surface area contributed by atoms with Gasteiger partial charge in [0.15, 0.2) is 0 Å². The molecule has 1 N–H and O–H groups in total. The minimum absolute atomic E-state index is 0.702. The van der Waals surface area contributed by atoms with Crippen LogP contribution in [0.1, 0.15) is 17.9 Å². The van der Waals surface area contributed by atoms with Crippen molar-refractivity contribution in [3.8, 4) is 5.75 Å². The van der Waals surface area contributed by atoms with Gasteiger partial charge in [0.2, 0.25) is 0 Å². The van der Waals surface area contributed by atoms with Crippen LogP contribution in [0, 0.1) is 0 Å². The molecule has 0 aliphatic rings. The van der Waals surface area contributed by atoms with Crippen LogP contribution < -0.4 is 10.1 Å². The van der Waals surface area contributed by atoms with Crippen molar-refractivity contribution in [1.29, 1.82) is 0 Å². The molecule has 22 heavy (non-hydrogen) atoms. The third-order valence-electron chi connectivity index (χ3n) is 3.60. The van der Waals surface area contributed by atoms with Crippen molar-refractivity contribution in [1.82, 2.24) is 14.7 Å². The monoisotopic (exact) mass is 295 g/mol. The van der Waals surface area contributed by atoms with Crippen LogP contribution in [0.4, 0.5) is 0 Å². The van der Waals surface area contributed by atoms with E-state index in [4.69, 9.17) is 9.72 Å². The third-order valence-corrected chi connectivity index (χ3v) is 3.60. The molecule has 0 unspecified atom stereocenters. The Morgan fingerprint density at radius 1 is 1.09 bits per heavy atom. The van der Waals surface area contributed by atoms with Gasteiger partial charge in [-0.1, -0.05) is 24.3 Å². The number of nitrogens with zero attached hydrogens (tertiary/aromatic N) is 2. The molecule has 4 nitrogen and oxygen atoms in total. The van der Waals surface area contributed by atoms with Crippen LogP contribution in [0.25, 0.3) is 5.52 Å². The maximum atomic E-state index is 5.74. The highest BCUT2D eigenvalue weighted by atomic mass is 16.5. The number of pyridine rings is 1. The molecule has 0 radical (unpaired) electrons. The number of imidazole rings is 1. The fraction of sp³-hybridized carbons (Fsp3) is 0.278. The Kier molecular flexibility index (Phi) is 4.71. The summed E-state index contributed by atoms with van der Waals surface area (Å²) < 4.78 is 7.92. The number of aromatic nitrogens is 2. The van der Waals surface area contributed by atoms with Crippen LogP contribution in [-0.4, -0.2) is 23.0 Å². The second-order valence-electron chi connectivity index (χ2n) is 5.23. The number of benzene rings is 1. The zero-order valence-corrected chi connectivity index (χ0v) is 12.8. The van der Waals surface area contributed by atoms with Crippen molar-refractivity contribution >= 4 is 5.52 Å². The summed E-state index contributed by atoms with van der Waals surface area (Å²) in [6.45, 7) is 1.49. The molecule has 0 bridgehead atoms. The highest BCUT2D eigenvalue weighted by Gasteiger charge is 2.09. The molecule has 0 aliphatic carbocycles. The molecule has 0 fully saturated rings. The van der Waals surface area contributed by atoms with Gasteiger partial charge in [-0.2, -0.15) is 0 Å². The van der Waals surface area contributed by atoms with Crippen molar-refractivity contribution in [2.75, 3.05) is 13.7 Å². The number of para-hydroxylation sites is 1. The predicted octanol–water partition coefficient (Wildman–Crippen LogP) is 3.07. The average molecular weight is 295 g/mol. The molecular formula is C18H21N3O. The molecule has 114 valence electrons. The third kappa shape index (κ3) is 3.28. The summed E-state index contributed by atoms with van der Waals surface area (Å²) in [5.41, 5.74) is 2.28. The number of hydrogen-bond acceptors (Lipinski definition) is 3. The molecule has 3 rings (SSSR count). The summed E-state index contributed by atoms with van der Waals surface area (Å²) in [5.74, 6) is 2.02. The molecule has 0 atom stereocenters. The van der Waals surface area contributed by atoms with Gasteiger partial charge in [0.05, 0.1) is 17.8 Å². The first-order chi connectivity index (χ1) is 10.9. The summed E-state index contributed by atoms with van der Waals surface area (Å²) in [6, 6.07) is 16.1. The van der Waals surface area contributed by atoms with E-state index in [0.29, 0.717) is 6.61 Å². The lowest BCUT2D eigenvalue weighted by Gasteiger charge is -2.05.